The summed E-state index contributed by atoms with van der Waals surface area (Å²) >= 11 is 0. The van der Waals surface area contributed by atoms with Crippen molar-refractivity contribution in [2.75, 3.05) is 32.7 Å². The van der Waals surface area contributed by atoms with Crippen LogP contribution < -0.4 is 5.73 Å². The molecule has 1 rings (SSSR count). The largest absolute Gasteiger partial charge is 0.444 e. The van der Waals surface area contributed by atoms with Crippen molar-refractivity contribution in [2.45, 2.75) is 32.8 Å². The number of amides is 2. The molecule has 6 nitrogen and oxygen atoms in total. The van der Waals surface area contributed by atoms with Crippen LogP contribution in [0.2, 0.25) is 0 Å². The van der Waals surface area contributed by atoms with E-state index in [1.165, 1.54) is 0 Å². The van der Waals surface area contributed by atoms with Crippen LogP contribution in [-0.4, -0.2) is 60.1 Å². The summed E-state index contributed by atoms with van der Waals surface area (Å²) in [5.41, 5.74) is 4.69. The molecule has 1 aliphatic rings. The predicted octanol–water partition coefficient (Wildman–Crippen LogP) is 0.415. The fourth-order valence-electron chi connectivity index (χ4n) is 1.86. The van der Waals surface area contributed by atoms with Crippen molar-refractivity contribution in [2.24, 2.45) is 5.73 Å². The Kier molecular flexibility index (Phi) is 4.95. The number of nitrogens with zero attached hydrogens (tertiary/aromatic N) is 2. The molecule has 6 heteroatoms. The van der Waals surface area contributed by atoms with E-state index in [9.17, 15) is 9.59 Å². The number of nitrogens with two attached hydrogens (primary N) is 1. The number of carbonyl (C=O) groups excluding carboxylic acids is 2. The first kappa shape index (κ1) is 14.8. The number of carbonyl (C=O) groups is 2. The van der Waals surface area contributed by atoms with E-state index in [4.69, 9.17) is 10.5 Å². The molecule has 1 saturated heterocycles. The van der Waals surface area contributed by atoms with E-state index in [0.29, 0.717) is 19.6 Å². The SMILES string of the molecule is CC(C)(C)OC(=O)N1CCCN(CC(N)=O)CC1. The second-order valence-corrected chi connectivity index (χ2v) is 5.56. The van der Waals surface area contributed by atoms with Gasteiger partial charge in [-0.15, -0.1) is 0 Å². The summed E-state index contributed by atoms with van der Waals surface area (Å²) in [6.07, 6.45) is 0.537. The average Bonchev–Trinajstić information content (AvgIpc) is 2.39. The van der Waals surface area contributed by atoms with Gasteiger partial charge >= 0.3 is 6.09 Å². The smallest absolute Gasteiger partial charge is 0.410 e. The molecule has 0 aromatic rings. The molecule has 0 saturated carbocycles. The van der Waals surface area contributed by atoms with Crippen molar-refractivity contribution in [3.63, 3.8) is 0 Å². The van der Waals surface area contributed by atoms with Crippen molar-refractivity contribution < 1.29 is 14.3 Å². The van der Waals surface area contributed by atoms with Crippen LogP contribution in [0, 0.1) is 0 Å². The second kappa shape index (κ2) is 6.04. The van der Waals surface area contributed by atoms with Gasteiger partial charge in [-0.2, -0.15) is 0 Å². The minimum atomic E-state index is -0.476. The van der Waals surface area contributed by atoms with Gasteiger partial charge in [0.2, 0.25) is 5.91 Å². The first-order chi connectivity index (χ1) is 8.28. The van der Waals surface area contributed by atoms with Gasteiger partial charge in [-0.05, 0) is 27.2 Å². The maximum atomic E-state index is 11.9. The number of hydrogen-bond acceptors (Lipinski definition) is 4. The molecular formula is C12H23N3O3. The Hall–Kier alpha value is -1.30. The molecule has 2 N–H and O–H groups in total. The van der Waals surface area contributed by atoms with Crippen LogP contribution in [0.3, 0.4) is 0 Å². The Morgan fingerprint density at radius 3 is 2.39 bits per heavy atom. The van der Waals surface area contributed by atoms with Gasteiger partial charge in [-0.1, -0.05) is 0 Å². The summed E-state index contributed by atoms with van der Waals surface area (Å²) in [6, 6.07) is 0. The monoisotopic (exact) mass is 257 g/mol. The summed E-state index contributed by atoms with van der Waals surface area (Å²) in [5.74, 6) is -0.333. The molecule has 1 fully saturated rings. The fourth-order valence-corrected chi connectivity index (χ4v) is 1.86. The van der Waals surface area contributed by atoms with E-state index in [1.54, 1.807) is 4.90 Å². The molecule has 0 unspecified atom stereocenters. The lowest BCUT2D eigenvalue weighted by molar-refractivity contribution is -0.119. The minimum absolute atomic E-state index is 0.252. The second-order valence-electron chi connectivity index (χ2n) is 5.56. The number of hydrogen-bond donors (Lipinski definition) is 1. The molecule has 0 aromatic heterocycles. The number of ether oxygens (including phenoxy) is 1. The highest BCUT2D eigenvalue weighted by Gasteiger charge is 2.24. The summed E-state index contributed by atoms with van der Waals surface area (Å²) in [7, 11) is 0. The molecule has 2 amide bonds. The number of primary amides is 1. The zero-order valence-corrected chi connectivity index (χ0v) is 11.4. The van der Waals surface area contributed by atoms with Crippen molar-refractivity contribution in [1.29, 1.82) is 0 Å². The van der Waals surface area contributed by atoms with Crippen molar-refractivity contribution in [1.82, 2.24) is 9.80 Å². The normalized spacial score (nSPS) is 18.3. The summed E-state index contributed by atoms with van der Waals surface area (Å²) in [4.78, 5) is 26.4. The zero-order chi connectivity index (χ0) is 13.8. The van der Waals surface area contributed by atoms with Gasteiger partial charge in [0, 0.05) is 26.2 Å². The van der Waals surface area contributed by atoms with Gasteiger partial charge in [-0.25, -0.2) is 4.79 Å². The highest BCUT2D eigenvalue weighted by atomic mass is 16.6. The van der Waals surface area contributed by atoms with Crippen LogP contribution >= 0.6 is 0 Å². The molecule has 0 atom stereocenters. The zero-order valence-electron chi connectivity index (χ0n) is 11.4. The Morgan fingerprint density at radius 1 is 1.17 bits per heavy atom. The van der Waals surface area contributed by atoms with Crippen LogP contribution in [0.5, 0.6) is 0 Å². The minimum Gasteiger partial charge on any atom is -0.444 e. The lowest BCUT2D eigenvalue weighted by atomic mass is 10.2. The van der Waals surface area contributed by atoms with Crippen molar-refractivity contribution in [3.8, 4) is 0 Å². The molecule has 0 aromatic carbocycles. The molecule has 104 valence electrons. The van der Waals surface area contributed by atoms with Crippen LogP contribution in [0.1, 0.15) is 27.2 Å². The van der Waals surface area contributed by atoms with Gasteiger partial charge < -0.3 is 15.4 Å². The topological polar surface area (TPSA) is 75.9 Å². The Balaban J connectivity index is 2.46. The Bertz CT molecular complexity index is 312. The lowest BCUT2D eigenvalue weighted by Gasteiger charge is -2.26. The van der Waals surface area contributed by atoms with Crippen LogP contribution in [-0.2, 0) is 9.53 Å². The number of rotatable bonds is 2. The standard InChI is InChI=1S/C12H23N3O3/c1-12(2,3)18-11(17)15-6-4-5-14(7-8-15)9-10(13)16/h4-9H2,1-3H3,(H2,13,16). The van der Waals surface area contributed by atoms with Gasteiger partial charge in [-0.3, -0.25) is 9.69 Å². The first-order valence-corrected chi connectivity index (χ1v) is 6.26. The Labute approximate surface area is 108 Å². The van der Waals surface area contributed by atoms with E-state index in [0.717, 1.165) is 13.0 Å². The van der Waals surface area contributed by atoms with Crippen molar-refractivity contribution >= 4 is 12.0 Å². The van der Waals surface area contributed by atoms with Gasteiger partial charge in [0.1, 0.15) is 5.60 Å². The third-order valence-electron chi connectivity index (χ3n) is 2.62. The summed E-state index contributed by atoms with van der Waals surface area (Å²) in [5, 5.41) is 0. The molecule has 18 heavy (non-hydrogen) atoms. The maximum absolute atomic E-state index is 11.9. The van der Waals surface area contributed by atoms with Crippen LogP contribution in [0.15, 0.2) is 0 Å². The Morgan fingerprint density at radius 2 is 1.83 bits per heavy atom. The molecular weight excluding hydrogens is 234 g/mol. The highest BCUT2D eigenvalue weighted by Crippen LogP contribution is 2.11. The van der Waals surface area contributed by atoms with E-state index in [-0.39, 0.29) is 18.5 Å². The van der Waals surface area contributed by atoms with Gasteiger partial charge in [0.25, 0.3) is 0 Å². The van der Waals surface area contributed by atoms with Crippen LogP contribution in [0.4, 0.5) is 4.79 Å². The molecule has 1 aliphatic heterocycles. The van der Waals surface area contributed by atoms with Crippen LogP contribution in [0.25, 0.3) is 0 Å². The first-order valence-electron chi connectivity index (χ1n) is 6.26. The molecule has 0 radical (unpaired) electrons. The lowest BCUT2D eigenvalue weighted by Crippen LogP contribution is -2.40. The molecule has 0 aliphatic carbocycles. The molecule has 0 bridgehead atoms. The van der Waals surface area contributed by atoms with E-state index < -0.39 is 5.60 Å². The molecule has 0 spiro atoms. The van der Waals surface area contributed by atoms with E-state index in [2.05, 4.69) is 0 Å². The van der Waals surface area contributed by atoms with Gasteiger partial charge in [0.05, 0.1) is 6.54 Å². The van der Waals surface area contributed by atoms with E-state index in [1.807, 2.05) is 25.7 Å². The van der Waals surface area contributed by atoms with Gasteiger partial charge in [0.15, 0.2) is 0 Å². The maximum Gasteiger partial charge on any atom is 0.410 e. The van der Waals surface area contributed by atoms with Crippen molar-refractivity contribution in [3.05, 3.63) is 0 Å². The summed E-state index contributed by atoms with van der Waals surface area (Å²) < 4.78 is 5.33. The van der Waals surface area contributed by atoms with E-state index >= 15 is 0 Å². The fraction of sp³-hybridized carbons (Fsp3) is 0.833. The third kappa shape index (κ3) is 5.35. The quantitative estimate of drug-likeness (QED) is 0.777. The third-order valence-corrected chi connectivity index (χ3v) is 2.62. The average molecular weight is 257 g/mol. The summed E-state index contributed by atoms with van der Waals surface area (Å²) in [6.45, 7) is 8.46. The molecule has 1 heterocycles. The highest BCUT2D eigenvalue weighted by molar-refractivity contribution is 5.76. The predicted molar refractivity (Wildman–Crippen MR) is 68.1 cm³/mol.